The third-order valence-electron chi connectivity index (χ3n) is 5.76. The van der Waals surface area contributed by atoms with Crippen molar-refractivity contribution in [1.82, 2.24) is 4.72 Å². The fourth-order valence-electron chi connectivity index (χ4n) is 3.88. The van der Waals surface area contributed by atoms with Gasteiger partial charge in [-0.25, -0.2) is 17.5 Å². The van der Waals surface area contributed by atoms with Crippen LogP contribution in [-0.4, -0.2) is 37.0 Å². The molecular weight excluding hydrogens is 383 g/mol. The topological polar surface area (TPSA) is 109 Å². The van der Waals surface area contributed by atoms with Crippen LogP contribution in [0.3, 0.4) is 0 Å². The van der Waals surface area contributed by atoms with Crippen molar-refractivity contribution in [2.45, 2.75) is 75.5 Å². The van der Waals surface area contributed by atoms with Crippen molar-refractivity contribution in [2.24, 2.45) is 17.6 Å². The SMILES string of the molecule is CC(C)[C@H](N)C(=O)C(O)(C1CCCCC1)[C@H](C)NS(=O)(=O)c1ccc(F)cc1. The number of rotatable bonds is 8. The van der Waals surface area contributed by atoms with Gasteiger partial charge < -0.3 is 10.8 Å². The smallest absolute Gasteiger partial charge is 0.240 e. The lowest BCUT2D eigenvalue weighted by molar-refractivity contribution is -0.150. The lowest BCUT2D eigenvalue weighted by Crippen LogP contribution is -2.64. The number of benzene rings is 1. The van der Waals surface area contributed by atoms with E-state index in [1.165, 1.54) is 6.92 Å². The minimum atomic E-state index is -4.05. The Labute approximate surface area is 166 Å². The van der Waals surface area contributed by atoms with Crippen LogP contribution in [0, 0.1) is 17.7 Å². The maximum atomic E-state index is 13.2. The molecule has 1 aromatic rings. The Kier molecular flexibility index (Phi) is 7.36. The average Bonchev–Trinajstić information content (AvgIpc) is 2.66. The highest BCUT2D eigenvalue weighted by atomic mass is 32.2. The lowest BCUT2D eigenvalue weighted by atomic mass is 9.69. The molecule has 3 atom stereocenters. The zero-order chi connectivity index (χ0) is 21.1. The number of hydrogen-bond donors (Lipinski definition) is 3. The van der Waals surface area contributed by atoms with E-state index in [1.807, 2.05) is 0 Å². The summed E-state index contributed by atoms with van der Waals surface area (Å²) in [5, 5.41) is 11.5. The fourth-order valence-corrected chi connectivity index (χ4v) is 5.16. The van der Waals surface area contributed by atoms with Gasteiger partial charge in [0.05, 0.1) is 17.0 Å². The first-order valence-corrected chi connectivity index (χ1v) is 11.3. The van der Waals surface area contributed by atoms with Gasteiger partial charge in [-0.15, -0.1) is 0 Å². The number of carbonyl (C=O) groups is 1. The molecule has 1 aliphatic carbocycles. The molecule has 1 fully saturated rings. The molecular formula is C20H31FN2O4S. The van der Waals surface area contributed by atoms with E-state index in [0.717, 1.165) is 43.5 Å². The van der Waals surface area contributed by atoms with E-state index in [-0.39, 0.29) is 16.7 Å². The summed E-state index contributed by atoms with van der Waals surface area (Å²) in [5.74, 6) is -1.65. The van der Waals surface area contributed by atoms with E-state index < -0.39 is 39.3 Å². The summed E-state index contributed by atoms with van der Waals surface area (Å²) < 4.78 is 41.0. The molecule has 0 bridgehead atoms. The third kappa shape index (κ3) is 4.79. The predicted octanol–water partition coefficient (Wildman–Crippen LogP) is 2.36. The molecule has 0 amide bonds. The van der Waals surface area contributed by atoms with Crippen LogP contribution in [0.15, 0.2) is 29.2 Å². The molecule has 1 saturated carbocycles. The van der Waals surface area contributed by atoms with Crippen molar-refractivity contribution in [3.63, 3.8) is 0 Å². The number of ketones is 1. The maximum Gasteiger partial charge on any atom is 0.240 e. The van der Waals surface area contributed by atoms with Gasteiger partial charge in [0, 0.05) is 0 Å². The average molecular weight is 415 g/mol. The number of nitrogens with one attached hydrogen (secondary N) is 1. The summed E-state index contributed by atoms with van der Waals surface area (Å²) in [5.41, 5.74) is 4.15. The molecule has 0 spiro atoms. The fraction of sp³-hybridized carbons (Fsp3) is 0.650. The highest BCUT2D eigenvalue weighted by Crippen LogP contribution is 2.37. The van der Waals surface area contributed by atoms with Crippen LogP contribution >= 0.6 is 0 Å². The molecule has 2 rings (SSSR count). The Balaban J connectivity index is 2.36. The molecule has 1 aliphatic rings. The van der Waals surface area contributed by atoms with Crippen molar-refractivity contribution in [3.8, 4) is 0 Å². The minimum Gasteiger partial charge on any atom is -0.380 e. The van der Waals surface area contributed by atoms with Crippen LogP contribution < -0.4 is 10.5 Å². The molecule has 158 valence electrons. The molecule has 0 aromatic heterocycles. The summed E-state index contributed by atoms with van der Waals surface area (Å²) in [7, 11) is -4.05. The molecule has 28 heavy (non-hydrogen) atoms. The summed E-state index contributed by atoms with van der Waals surface area (Å²) in [6.07, 6.45) is 4.03. The second-order valence-electron chi connectivity index (χ2n) is 8.09. The van der Waals surface area contributed by atoms with E-state index in [1.54, 1.807) is 13.8 Å². The van der Waals surface area contributed by atoms with Crippen LogP contribution in [0.25, 0.3) is 0 Å². The lowest BCUT2D eigenvalue weighted by Gasteiger charge is -2.43. The van der Waals surface area contributed by atoms with Crippen molar-refractivity contribution < 1.29 is 22.7 Å². The molecule has 4 N–H and O–H groups in total. The van der Waals surface area contributed by atoms with Gasteiger partial charge >= 0.3 is 0 Å². The van der Waals surface area contributed by atoms with Crippen molar-refractivity contribution in [1.29, 1.82) is 0 Å². The Morgan fingerprint density at radius 2 is 1.71 bits per heavy atom. The summed E-state index contributed by atoms with van der Waals surface area (Å²) in [4.78, 5) is 13.0. The van der Waals surface area contributed by atoms with Crippen LogP contribution in [-0.2, 0) is 14.8 Å². The van der Waals surface area contributed by atoms with Crippen molar-refractivity contribution >= 4 is 15.8 Å². The van der Waals surface area contributed by atoms with Crippen LogP contribution in [0.1, 0.15) is 52.9 Å². The van der Waals surface area contributed by atoms with E-state index in [2.05, 4.69) is 4.72 Å². The summed E-state index contributed by atoms with van der Waals surface area (Å²) in [6.45, 7) is 5.06. The quantitative estimate of drug-likeness (QED) is 0.605. The number of halogens is 1. The predicted molar refractivity (Wildman–Crippen MR) is 106 cm³/mol. The number of Topliss-reactive ketones (excluding diaryl/α,β-unsaturated/α-hetero) is 1. The first-order chi connectivity index (χ1) is 13.0. The van der Waals surface area contributed by atoms with Gasteiger partial charge in [0.15, 0.2) is 5.78 Å². The Hall–Kier alpha value is -1.35. The summed E-state index contributed by atoms with van der Waals surface area (Å²) >= 11 is 0. The van der Waals surface area contributed by atoms with E-state index in [4.69, 9.17) is 5.73 Å². The van der Waals surface area contributed by atoms with Gasteiger partial charge in [0.25, 0.3) is 0 Å². The molecule has 0 saturated heterocycles. The van der Waals surface area contributed by atoms with Gasteiger partial charge in [-0.05, 0) is 55.9 Å². The Bertz CT molecular complexity index is 776. The normalized spacial score (nSPS) is 20.5. The first kappa shape index (κ1) is 22.9. The molecule has 1 aromatic carbocycles. The van der Waals surface area contributed by atoms with Crippen LogP contribution in [0.5, 0.6) is 0 Å². The Morgan fingerprint density at radius 1 is 1.18 bits per heavy atom. The number of sulfonamides is 1. The molecule has 6 nitrogen and oxygen atoms in total. The molecule has 8 heteroatoms. The van der Waals surface area contributed by atoms with E-state index in [0.29, 0.717) is 12.8 Å². The maximum absolute atomic E-state index is 13.2. The van der Waals surface area contributed by atoms with E-state index in [9.17, 15) is 22.7 Å². The van der Waals surface area contributed by atoms with Crippen LogP contribution in [0.4, 0.5) is 4.39 Å². The first-order valence-electron chi connectivity index (χ1n) is 9.80. The number of nitrogens with two attached hydrogens (primary N) is 1. The second-order valence-corrected chi connectivity index (χ2v) is 9.81. The molecule has 1 unspecified atom stereocenters. The number of carbonyl (C=O) groups excluding carboxylic acids is 1. The zero-order valence-electron chi connectivity index (χ0n) is 16.7. The zero-order valence-corrected chi connectivity index (χ0v) is 17.5. The number of hydrogen-bond acceptors (Lipinski definition) is 5. The van der Waals surface area contributed by atoms with Crippen molar-refractivity contribution in [3.05, 3.63) is 30.1 Å². The van der Waals surface area contributed by atoms with Gasteiger partial charge in [-0.2, -0.15) is 0 Å². The van der Waals surface area contributed by atoms with Gasteiger partial charge in [0.2, 0.25) is 10.0 Å². The third-order valence-corrected chi connectivity index (χ3v) is 7.32. The monoisotopic (exact) mass is 414 g/mol. The van der Waals surface area contributed by atoms with Crippen LogP contribution in [0.2, 0.25) is 0 Å². The van der Waals surface area contributed by atoms with Gasteiger partial charge in [-0.1, -0.05) is 33.1 Å². The standard InChI is InChI=1S/C20H31FN2O4S/c1-13(2)18(22)19(24)20(25,15-7-5-4-6-8-15)14(3)23-28(26,27)17-11-9-16(21)10-12-17/h9-15,18,23,25H,4-8,22H2,1-3H3/t14-,18-,20?/m0/s1. The Morgan fingerprint density at radius 3 is 2.21 bits per heavy atom. The van der Waals surface area contributed by atoms with E-state index >= 15 is 0 Å². The minimum absolute atomic E-state index is 0.132. The van der Waals surface area contributed by atoms with Gasteiger partial charge in [0.1, 0.15) is 11.4 Å². The number of aliphatic hydroxyl groups is 1. The molecule has 0 aliphatic heterocycles. The second kappa shape index (κ2) is 8.98. The molecule has 0 radical (unpaired) electrons. The summed E-state index contributed by atoms with van der Waals surface area (Å²) in [6, 6.07) is 2.41. The van der Waals surface area contributed by atoms with Gasteiger partial charge in [-0.3, -0.25) is 4.79 Å². The largest absolute Gasteiger partial charge is 0.380 e. The highest BCUT2D eigenvalue weighted by Gasteiger charge is 2.51. The van der Waals surface area contributed by atoms with Crippen molar-refractivity contribution in [2.75, 3.05) is 0 Å². The highest BCUT2D eigenvalue weighted by molar-refractivity contribution is 7.89. The molecule has 0 heterocycles.